The van der Waals surface area contributed by atoms with Crippen molar-refractivity contribution in [3.8, 4) is 5.75 Å². The number of nitrogens with zero attached hydrogens (tertiary/aromatic N) is 1. The Morgan fingerprint density at radius 1 is 1.33 bits per heavy atom. The third-order valence-electron chi connectivity index (χ3n) is 3.27. The average Bonchev–Trinajstić information content (AvgIpc) is 2.72. The maximum Gasteiger partial charge on any atom is 0.178 e. The third kappa shape index (κ3) is 3.83. The number of benzene rings is 1. The summed E-state index contributed by atoms with van der Waals surface area (Å²) >= 11 is 5.31. The molecule has 0 bridgehead atoms. The summed E-state index contributed by atoms with van der Waals surface area (Å²) in [4.78, 5) is 3.03. The van der Waals surface area contributed by atoms with Crippen LogP contribution in [0.5, 0.6) is 5.75 Å². The third-order valence-corrected chi connectivity index (χ3v) is 3.60. The molecule has 116 valence electrons. The van der Waals surface area contributed by atoms with Gasteiger partial charge < -0.3 is 19.0 Å². The predicted molar refractivity (Wildman–Crippen MR) is 84.0 cm³/mol. The Balaban J connectivity index is 2.12. The lowest BCUT2D eigenvalue weighted by Crippen LogP contribution is -2.05. The molecule has 0 fully saturated rings. The highest BCUT2D eigenvalue weighted by Crippen LogP contribution is 2.24. The number of hydrogen-bond acceptors (Lipinski definition) is 3. The number of aromatic nitrogens is 2. The van der Waals surface area contributed by atoms with Gasteiger partial charge in [0.1, 0.15) is 0 Å². The molecule has 21 heavy (non-hydrogen) atoms. The molecule has 0 radical (unpaired) electrons. The highest BCUT2D eigenvalue weighted by molar-refractivity contribution is 7.71. The van der Waals surface area contributed by atoms with Gasteiger partial charge in [0.2, 0.25) is 0 Å². The number of unbranched alkanes of at least 4 members (excludes halogenated alkanes) is 1. The normalized spacial score (nSPS) is 11.5. The molecule has 2 aromatic rings. The molecule has 0 atom stereocenters. The highest BCUT2D eigenvalue weighted by Gasteiger charge is 2.10. The van der Waals surface area contributed by atoms with Crippen LogP contribution in [0.25, 0.3) is 11.0 Å². The largest absolute Gasteiger partial charge is 0.494 e. The number of rotatable bonds is 7. The van der Waals surface area contributed by atoms with Crippen molar-refractivity contribution < 1.29 is 13.9 Å². The molecule has 0 aliphatic heterocycles. The first kappa shape index (κ1) is 16.0. The van der Waals surface area contributed by atoms with Gasteiger partial charge in [-0.3, -0.25) is 0 Å². The van der Waals surface area contributed by atoms with Crippen LogP contribution in [-0.4, -0.2) is 29.4 Å². The van der Waals surface area contributed by atoms with E-state index >= 15 is 0 Å². The van der Waals surface area contributed by atoms with E-state index in [0.29, 0.717) is 10.3 Å². The molecule has 0 aliphatic rings. The zero-order valence-corrected chi connectivity index (χ0v) is 13.4. The maximum absolute atomic E-state index is 13.7. The van der Waals surface area contributed by atoms with Crippen LogP contribution in [0, 0.1) is 10.6 Å². The molecule has 1 aromatic heterocycles. The van der Waals surface area contributed by atoms with E-state index in [0.717, 1.165) is 31.5 Å². The lowest BCUT2D eigenvalue weighted by Gasteiger charge is -2.08. The van der Waals surface area contributed by atoms with Crippen LogP contribution in [0.2, 0.25) is 0 Å². The van der Waals surface area contributed by atoms with Crippen molar-refractivity contribution >= 4 is 23.3 Å². The molecule has 4 nitrogen and oxygen atoms in total. The number of halogens is 1. The summed E-state index contributed by atoms with van der Waals surface area (Å²) in [5.74, 6) is -0.160. The molecular formula is C15H21FN2O2S. The van der Waals surface area contributed by atoms with Crippen molar-refractivity contribution in [2.45, 2.75) is 39.3 Å². The molecule has 6 heteroatoms. The number of imidazole rings is 1. The number of methoxy groups -OCH3 is 1. The van der Waals surface area contributed by atoms with Gasteiger partial charge in [-0.25, -0.2) is 4.39 Å². The average molecular weight is 312 g/mol. The van der Waals surface area contributed by atoms with Crippen LogP contribution in [0.4, 0.5) is 4.39 Å². The van der Waals surface area contributed by atoms with Gasteiger partial charge in [0.05, 0.1) is 24.2 Å². The van der Waals surface area contributed by atoms with Gasteiger partial charge in [-0.2, -0.15) is 0 Å². The minimum Gasteiger partial charge on any atom is -0.494 e. The Morgan fingerprint density at radius 3 is 2.76 bits per heavy atom. The summed E-state index contributed by atoms with van der Waals surface area (Å²) in [5, 5.41) is 0. The number of H-pyrrole nitrogens is 1. The predicted octanol–water partition coefficient (Wildman–Crippen LogP) is 4.05. The minimum absolute atomic E-state index is 0.230. The van der Waals surface area contributed by atoms with E-state index in [-0.39, 0.29) is 11.9 Å². The number of fused-ring (bicyclic) bond motifs is 1. The molecule has 0 amide bonds. The van der Waals surface area contributed by atoms with Gasteiger partial charge in [-0.05, 0) is 38.9 Å². The summed E-state index contributed by atoms with van der Waals surface area (Å²) in [6.07, 6.45) is 2.17. The van der Waals surface area contributed by atoms with Gasteiger partial charge in [0, 0.05) is 25.3 Å². The van der Waals surface area contributed by atoms with Crippen molar-refractivity contribution in [3.63, 3.8) is 0 Å². The zero-order chi connectivity index (χ0) is 15.4. The van der Waals surface area contributed by atoms with E-state index in [2.05, 4.69) is 4.98 Å². The molecule has 0 saturated heterocycles. The van der Waals surface area contributed by atoms with Crippen molar-refractivity contribution in [3.05, 3.63) is 22.7 Å². The smallest absolute Gasteiger partial charge is 0.178 e. The summed E-state index contributed by atoms with van der Waals surface area (Å²) in [7, 11) is 1.46. The van der Waals surface area contributed by atoms with E-state index in [4.69, 9.17) is 21.7 Å². The van der Waals surface area contributed by atoms with Crippen molar-refractivity contribution in [2.75, 3.05) is 13.7 Å². The number of aryl methyl sites for hydroxylation is 1. The molecule has 0 saturated carbocycles. The van der Waals surface area contributed by atoms with E-state index in [9.17, 15) is 4.39 Å². The first-order chi connectivity index (χ1) is 10.0. The molecular weight excluding hydrogens is 291 g/mol. The summed E-state index contributed by atoms with van der Waals surface area (Å²) in [6.45, 7) is 5.56. The minimum atomic E-state index is -0.390. The fraction of sp³-hybridized carbons (Fsp3) is 0.533. The molecule has 0 spiro atoms. The Labute approximate surface area is 128 Å². The first-order valence-corrected chi connectivity index (χ1v) is 7.51. The number of nitrogens with one attached hydrogen (secondary N) is 1. The lowest BCUT2D eigenvalue weighted by atomic mass is 10.2. The number of hydrogen-bond donors (Lipinski definition) is 1. The van der Waals surface area contributed by atoms with Crippen LogP contribution in [0.3, 0.4) is 0 Å². The second-order valence-corrected chi connectivity index (χ2v) is 5.60. The van der Waals surface area contributed by atoms with E-state index in [1.807, 2.05) is 18.4 Å². The van der Waals surface area contributed by atoms with Crippen LogP contribution < -0.4 is 4.74 Å². The maximum atomic E-state index is 13.7. The zero-order valence-electron chi connectivity index (χ0n) is 12.6. The summed E-state index contributed by atoms with van der Waals surface area (Å²) in [6, 6.07) is 3.10. The van der Waals surface area contributed by atoms with Crippen LogP contribution in [0.15, 0.2) is 12.1 Å². The van der Waals surface area contributed by atoms with Gasteiger partial charge in [0.15, 0.2) is 16.3 Å². The fourth-order valence-electron chi connectivity index (χ4n) is 2.23. The molecule has 1 heterocycles. The fourth-order valence-corrected chi connectivity index (χ4v) is 2.53. The topological polar surface area (TPSA) is 39.2 Å². The lowest BCUT2D eigenvalue weighted by molar-refractivity contribution is 0.0754. The summed E-state index contributed by atoms with van der Waals surface area (Å²) in [5.41, 5.74) is 1.56. The monoisotopic (exact) mass is 312 g/mol. The van der Waals surface area contributed by atoms with Gasteiger partial charge in [0.25, 0.3) is 0 Å². The van der Waals surface area contributed by atoms with Crippen LogP contribution >= 0.6 is 12.2 Å². The molecule has 0 aliphatic carbocycles. The highest BCUT2D eigenvalue weighted by atomic mass is 32.1. The van der Waals surface area contributed by atoms with E-state index in [1.165, 1.54) is 13.2 Å². The van der Waals surface area contributed by atoms with Gasteiger partial charge >= 0.3 is 0 Å². The Morgan fingerprint density at radius 2 is 2.10 bits per heavy atom. The van der Waals surface area contributed by atoms with E-state index < -0.39 is 5.82 Å². The molecule has 2 rings (SSSR count). The Kier molecular flexibility index (Phi) is 5.36. The first-order valence-electron chi connectivity index (χ1n) is 7.10. The Bertz CT molecular complexity index is 663. The number of ether oxygens (including phenoxy) is 2. The van der Waals surface area contributed by atoms with Gasteiger partial charge in [-0.1, -0.05) is 0 Å². The molecule has 1 aromatic carbocycles. The van der Waals surface area contributed by atoms with E-state index in [1.54, 1.807) is 6.07 Å². The van der Waals surface area contributed by atoms with Crippen LogP contribution in [-0.2, 0) is 11.3 Å². The van der Waals surface area contributed by atoms with Crippen molar-refractivity contribution in [1.29, 1.82) is 0 Å². The molecule has 0 unspecified atom stereocenters. The quantitative estimate of drug-likeness (QED) is 0.619. The standard InChI is InChI=1S/C15H21FN2O2S/c1-10(2)20-7-5-4-6-18-13-9-14(19-3)11(16)8-12(13)17-15(18)21/h8-10H,4-7H2,1-3H3,(H,17,21). The SMILES string of the molecule is COc1cc2c(cc1F)[nH]c(=S)n2CCCCOC(C)C. The Hall–Kier alpha value is -1.40. The molecule has 1 N–H and O–H groups in total. The van der Waals surface area contributed by atoms with Crippen molar-refractivity contribution in [2.24, 2.45) is 0 Å². The van der Waals surface area contributed by atoms with Crippen molar-refractivity contribution in [1.82, 2.24) is 9.55 Å². The second kappa shape index (κ2) is 7.04. The second-order valence-electron chi connectivity index (χ2n) is 5.21. The summed E-state index contributed by atoms with van der Waals surface area (Å²) < 4.78 is 26.8. The van der Waals surface area contributed by atoms with Gasteiger partial charge in [-0.15, -0.1) is 0 Å². The van der Waals surface area contributed by atoms with Crippen LogP contribution in [0.1, 0.15) is 26.7 Å². The number of aromatic amines is 1.